The van der Waals surface area contributed by atoms with Crippen LogP contribution in [0.2, 0.25) is 0 Å². The maximum absolute atomic E-state index is 12.6. The van der Waals surface area contributed by atoms with Crippen LogP contribution >= 0.6 is 0 Å². The Morgan fingerprint density at radius 3 is 2.55 bits per heavy atom. The number of allylic oxidation sites excluding steroid dienone is 1. The summed E-state index contributed by atoms with van der Waals surface area (Å²) in [5.41, 5.74) is 8.89. The Morgan fingerprint density at radius 2 is 1.88 bits per heavy atom. The predicted molar refractivity (Wildman–Crippen MR) is 124 cm³/mol. The molecule has 0 saturated carbocycles. The van der Waals surface area contributed by atoms with E-state index in [0.717, 1.165) is 5.56 Å². The molecule has 6 N–H and O–H groups in total. The number of H-pyrrole nitrogens is 1. The number of hydrogen-bond acceptors (Lipinski definition) is 5. The molecule has 4 amide bonds. The molecule has 0 atom stereocenters. The number of ether oxygens (including phenoxy) is 1. The third kappa shape index (κ3) is 6.00. The largest absolute Gasteiger partial charge is 0.460 e. The number of esters is 1. The maximum atomic E-state index is 12.6. The van der Waals surface area contributed by atoms with E-state index in [2.05, 4.69) is 20.9 Å². The first-order valence-electron chi connectivity index (χ1n) is 10.3. The highest BCUT2D eigenvalue weighted by Crippen LogP contribution is 2.38. The van der Waals surface area contributed by atoms with Crippen LogP contribution in [0, 0.1) is 0 Å². The van der Waals surface area contributed by atoms with E-state index in [-0.39, 0.29) is 18.9 Å². The lowest BCUT2D eigenvalue weighted by Crippen LogP contribution is -2.30. The third-order valence-electron chi connectivity index (χ3n) is 4.77. The molecule has 10 nitrogen and oxygen atoms in total. The van der Waals surface area contributed by atoms with Crippen molar-refractivity contribution in [2.24, 2.45) is 5.73 Å². The van der Waals surface area contributed by atoms with Crippen LogP contribution in [0.15, 0.2) is 30.5 Å². The van der Waals surface area contributed by atoms with E-state index >= 15 is 0 Å². The molecule has 0 unspecified atom stereocenters. The molecule has 174 valence electrons. The Morgan fingerprint density at radius 1 is 1.15 bits per heavy atom. The molecule has 0 saturated heterocycles. The predicted octanol–water partition coefficient (Wildman–Crippen LogP) is 2.74. The van der Waals surface area contributed by atoms with E-state index < -0.39 is 23.5 Å². The molecule has 2 heterocycles. The fraction of sp³-hybridized carbons (Fsp3) is 0.304. The van der Waals surface area contributed by atoms with Crippen molar-refractivity contribution in [2.45, 2.75) is 46.3 Å². The molecular formula is C23H27N5O5. The van der Waals surface area contributed by atoms with Gasteiger partial charge in [-0.1, -0.05) is 0 Å². The summed E-state index contributed by atoms with van der Waals surface area (Å²) in [5, 5.41) is 7.99. The molecule has 3 rings (SSSR count). The number of hydrogen-bond donors (Lipinski definition) is 5. The van der Waals surface area contributed by atoms with Gasteiger partial charge in [0.1, 0.15) is 12.0 Å². The quantitative estimate of drug-likeness (QED) is 0.258. The van der Waals surface area contributed by atoms with Gasteiger partial charge in [-0.3, -0.25) is 14.4 Å². The summed E-state index contributed by atoms with van der Waals surface area (Å²) in [6, 6.07) is 6.13. The number of aromatic amines is 1. The lowest BCUT2D eigenvalue weighted by molar-refractivity contribution is -0.156. The number of rotatable bonds is 6. The van der Waals surface area contributed by atoms with Crippen LogP contribution in [0.25, 0.3) is 11.1 Å². The van der Waals surface area contributed by atoms with Crippen LogP contribution in [0.1, 0.15) is 50.9 Å². The Kier molecular flexibility index (Phi) is 6.57. The van der Waals surface area contributed by atoms with Crippen molar-refractivity contribution >= 4 is 46.3 Å². The average molecular weight is 453 g/mol. The number of amides is 4. The zero-order valence-corrected chi connectivity index (χ0v) is 18.9. The van der Waals surface area contributed by atoms with Gasteiger partial charge < -0.3 is 31.4 Å². The van der Waals surface area contributed by atoms with Crippen molar-refractivity contribution in [1.82, 2.24) is 10.3 Å². The van der Waals surface area contributed by atoms with Crippen LogP contribution in [0.3, 0.4) is 0 Å². The molecule has 1 aromatic carbocycles. The minimum atomic E-state index is -0.697. The first kappa shape index (κ1) is 23.6. The van der Waals surface area contributed by atoms with Crippen molar-refractivity contribution in [2.75, 3.05) is 10.6 Å². The first-order chi connectivity index (χ1) is 15.4. The smallest absolute Gasteiger partial charge is 0.316 e. The van der Waals surface area contributed by atoms with E-state index in [4.69, 9.17) is 10.5 Å². The molecule has 2 aromatic rings. The number of fused-ring (bicyclic) bond motifs is 1. The highest BCUT2D eigenvalue weighted by atomic mass is 16.6. The van der Waals surface area contributed by atoms with E-state index in [0.29, 0.717) is 33.8 Å². The van der Waals surface area contributed by atoms with Crippen LogP contribution in [-0.2, 0) is 25.7 Å². The summed E-state index contributed by atoms with van der Waals surface area (Å²) in [7, 11) is 0. The molecular weight excluding hydrogens is 426 g/mol. The van der Waals surface area contributed by atoms with Gasteiger partial charge in [-0.15, -0.1) is 0 Å². The number of anilines is 2. The summed E-state index contributed by atoms with van der Waals surface area (Å²) in [6.45, 7) is 7.21. The van der Waals surface area contributed by atoms with Crippen LogP contribution in [-0.4, -0.2) is 34.4 Å². The van der Waals surface area contributed by atoms with Gasteiger partial charge in [-0.25, -0.2) is 4.79 Å². The molecule has 1 aliphatic rings. The highest BCUT2D eigenvalue weighted by Gasteiger charge is 2.27. The zero-order valence-electron chi connectivity index (χ0n) is 18.9. The van der Waals surface area contributed by atoms with Crippen molar-refractivity contribution in [3.63, 3.8) is 0 Å². The minimum absolute atomic E-state index is 0.205. The summed E-state index contributed by atoms with van der Waals surface area (Å²) >= 11 is 0. The second-order valence-corrected chi connectivity index (χ2v) is 8.67. The van der Waals surface area contributed by atoms with Gasteiger partial charge in [0, 0.05) is 35.4 Å². The monoisotopic (exact) mass is 453 g/mol. The number of nitrogens with one attached hydrogen (secondary N) is 4. The molecule has 0 spiro atoms. The number of aromatic nitrogens is 1. The summed E-state index contributed by atoms with van der Waals surface area (Å²) in [6.07, 6.45) is 1.35. The van der Waals surface area contributed by atoms with E-state index in [1.54, 1.807) is 52.1 Å². The van der Waals surface area contributed by atoms with Crippen molar-refractivity contribution in [3.8, 4) is 0 Å². The number of benzene rings is 1. The lowest BCUT2D eigenvalue weighted by atomic mass is 9.99. The molecule has 0 fully saturated rings. The highest BCUT2D eigenvalue weighted by molar-refractivity contribution is 6.36. The topological polar surface area (TPSA) is 155 Å². The molecule has 0 radical (unpaired) electrons. The SMILES string of the molecule is CC(=C1C(=O)Nc2ccc(NC(N)=O)cc21)c1cc(CNC(=O)CC(=O)OC(C)(C)C)c[nH]1. The molecule has 0 aliphatic carbocycles. The average Bonchev–Trinajstić information content (AvgIpc) is 3.27. The van der Waals surface area contributed by atoms with Crippen molar-refractivity contribution in [1.29, 1.82) is 0 Å². The molecule has 10 heteroatoms. The summed E-state index contributed by atoms with van der Waals surface area (Å²) < 4.78 is 5.14. The van der Waals surface area contributed by atoms with Gasteiger partial charge in [0.15, 0.2) is 0 Å². The Balaban J connectivity index is 1.72. The molecule has 1 aromatic heterocycles. The number of carbonyl (C=O) groups excluding carboxylic acids is 4. The van der Waals surface area contributed by atoms with Gasteiger partial charge in [-0.2, -0.15) is 0 Å². The van der Waals surface area contributed by atoms with Crippen LogP contribution in [0.5, 0.6) is 0 Å². The van der Waals surface area contributed by atoms with E-state index in [1.165, 1.54) is 0 Å². The standard InChI is InChI=1S/C23H27N5O5/c1-12(20-15-8-14(27-22(24)32)5-6-16(15)28-21(20)31)17-7-13(10-25-17)11-26-18(29)9-19(30)33-23(2,3)4/h5-8,10,25H,9,11H2,1-4H3,(H,26,29)(H,28,31)(H3,24,27,32). The van der Waals surface area contributed by atoms with Crippen molar-refractivity contribution < 1.29 is 23.9 Å². The van der Waals surface area contributed by atoms with E-state index in [1.807, 2.05) is 6.07 Å². The fourth-order valence-corrected chi connectivity index (χ4v) is 3.42. The second kappa shape index (κ2) is 9.19. The zero-order chi connectivity index (χ0) is 24.3. The molecule has 33 heavy (non-hydrogen) atoms. The third-order valence-corrected chi connectivity index (χ3v) is 4.77. The summed E-state index contributed by atoms with van der Waals surface area (Å²) in [5.74, 6) is -1.30. The van der Waals surface area contributed by atoms with Gasteiger partial charge in [0.25, 0.3) is 5.91 Å². The van der Waals surface area contributed by atoms with Crippen LogP contribution < -0.4 is 21.7 Å². The van der Waals surface area contributed by atoms with Crippen LogP contribution in [0.4, 0.5) is 16.2 Å². The fourth-order valence-electron chi connectivity index (χ4n) is 3.42. The van der Waals surface area contributed by atoms with Gasteiger partial charge in [0.2, 0.25) is 5.91 Å². The number of carbonyl (C=O) groups is 4. The minimum Gasteiger partial charge on any atom is -0.460 e. The van der Waals surface area contributed by atoms with Gasteiger partial charge in [-0.05, 0) is 63.1 Å². The Bertz CT molecular complexity index is 1160. The first-order valence-corrected chi connectivity index (χ1v) is 10.3. The Hall–Kier alpha value is -4.08. The molecule has 0 bridgehead atoms. The van der Waals surface area contributed by atoms with Gasteiger partial charge in [0.05, 0.1) is 5.57 Å². The summed E-state index contributed by atoms with van der Waals surface area (Å²) in [4.78, 5) is 50.7. The maximum Gasteiger partial charge on any atom is 0.316 e. The number of urea groups is 1. The number of primary amides is 1. The normalized spacial score (nSPS) is 14.2. The van der Waals surface area contributed by atoms with Crippen molar-refractivity contribution in [3.05, 3.63) is 47.3 Å². The Labute approximate surface area is 190 Å². The van der Waals surface area contributed by atoms with E-state index in [9.17, 15) is 19.2 Å². The second-order valence-electron chi connectivity index (χ2n) is 8.67. The molecule has 1 aliphatic heterocycles. The number of nitrogens with two attached hydrogens (primary N) is 1. The lowest BCUT2D eigenvalue weighted by Gasteiger charge is -2.19. The van der Waals surface area contributed by atoms with Gasteiger partial charge >= 0.3 is 12.0 Å².